The van der Waals surface area contributed by atoms with Crippen LogP contribution in [0.2, 0.25) is 5.02 Å². The smallest absolute Gasteiger partial charge is 0.226 e. The van der Waals surface area contributed by atoms with E-state index in [4.69, 9.17) is 16.0 Å². The van der Waals surface area contributed by atoms with Gasteiger partial charge in [0.25, 0.3) is 0 Å². The number of oxazole rings is 1. The van der Waals surface area contributed by atoms with Gasteiger partial charge in [0, 0.05) is 17.0 Å². The number of rotatable bonds is 3. The van der Waals surface area contributed by atoms with Crippen LogP contribution in [0.25, 0.3) is 11.5 Å². The van der Waals surface area contributed by atoms with E-state index in [0.717, 1.165) is 5.56 Å². The van der Waals surface area contributed by atoms with Crippen molar-refractivity contribution in [2.45, 2.75) is 13.3 Å². The van der Waals surface area contributed by atoms with Crippen molar-refractivity contribution in [3.05, 3.63) is 40.7 Å². The fraction of sp³-hybridized carbons (Fsp3) is 0.167. The van der Waals surface area contributed by atoms with Gasteiger partial charge in [0.05, 0.1) is 0 Å². The van der Waals surface area contributed by atoms with Gasteiger partial charge in [0.1, 0.15) is 11.5 Å². The first-order chi connectivity index (χ1) is 7.74. The Morgan fingerprint density at radius 1 is 1.38 bits per heavy atom. The number of carbonyl (C=O) groups is 1. The lowest BCUT2D eigenvalue weighted by atomic mass is 10.2. The molecule has 3 nitrogen and oxygen atoms in total. The number of carbonyl (C=O) groups excluding carboxylic acids is 1. The molecule has 1 aromatic carbocycles. The number of halogens is 1. The van der Waals surface area contributed by atoms with E-state index in [0.29, 0.717) is 35.1 Å². The molecule has 82 valence electrons. The van der Waals surface area contributed by atoms with E-state index in [9.17, 15) is 4.79 Å². The molecule has 0 saturated heterocycles. The van der Waals surface area contributed by atoms with Gasteiger partial charge < -0.3 is 4.42 Å². The van der Waals surface area contributed by atoms with Crippen molar-refractivity contribution in [3.8, 4) is 11.5 Å². The minimum absolute atomic E-state index is 0.368. The van der Waals surface area contributed by atoms with Crippen molar-refractivity contribution in [2.24, 2.45) is 0 Å². The zero-order valence-corrected chi connectivity index (χ0v) is 9.49. The highest BCUT2D eigenvalue weighted by molar-refractivity contribution is 6.30. The molecular formula is C12H10ClNO2. The molecule has 0 unspecified atom stereocenters. The Balaban J connectivity index is 2.44. The maximum atomic E-state index is 10.7. The lowest BCUT2D eigenvalue weighted by Crippen LogP contribution is -1.85. The second kappa shape index (κ2) is 4.49. The minimum atomic E-state index is 0.368. The van der Waals surface area contributed by atoms with E-state index < -0.39 is 0 Å². The van der Waals surface area contributed by atoms with Crippen LogP contribution in [0.4, 0.5) is 0 Å². The molecule has 0 aliphatic carbocycles. The average Bonchev–Trinajstić information content (AvgIpc) is 2.73. The molecular weight excluding hydrogens is 226 g/mol. The van der Waals surface area contributed by atoms with E-state index in [1.807, 2.05) is 19.1 Å². The lowest BCUT2D eigenvalue weighted by Gasteiger charge is -1.94. The molecule has 0 aliphatic heterocycles. The topological polar surface area (TPSA) is 43.1 Å². The highest BCUT2D eigenvalue weighted by Crippen LogP contribution is 2.23. The zero-order chi connectivity index (χ0) is 11.5. The number of aldehydes is 1. The third-order valence-electron chi connectivity index (χ3n) is 2.25. The molecule has 0 bridgehead atoms. The summed E-state index contributed by atoms with van der Waals surface area (Å²) < 4.78 is 5.50. The molecule has 0 aliphatic rings. The number of aromatic nitrogens is 1. The van der Waals surface area contributed by atoms with Gasteiger partial charge in [-0.25, -0.2) is 4.98 Å². The molecule has 1 aromatic heterocycles. The van der Waals surface area contributed by atoms with Gasteiger partial charge in [-0.2, -0.15) is 0 Å². The van der Waals surface area contributed by atoms with Crippen LogP contribution in [-0.2, 0) is 6.42 Å². The molecule has 2 rings (SSSR count). The maximum absolute atomic E-state index is 10.7. The summed E-state index contributed by atoms with van der Waals surface area (Å²) in [4.78, 5) is 14.9. The SMILES string of the molecule is CCc1oc(-c2ccc(Cl)cc2)nc1C=O. The molecule has 16 heavy (non-hydrogen) atoms. The molecule has 0 radical (unpaired) electrons. The van der Waals surface area contributed by atoms with Gasteiger partial charge in [0.15, 0.2) is 6.29 Å². The van der Waals surface area contributed by atoms with Gasteiger partial charge >= 0.3 is 0 Å². The number of hydrogen-bond acceptors (Lipinski definition) is 3. The summed E-state index contributed by atoms with van der Waals surface area (Å²) in [6, 6.07) is 7.13. The molecule has 0 spiro atoms. The summed E-state index contributed by atoms with van der Waals surface area (Å²) in [5.41, 5.74) is 1.18. The van der Waals surface area contributed by atoms with E-state index in [1.54, 1.807) is 12.1 Å². The Hall–Kier alpha value is -1.61. The van der Waals surface area contributed by atoms with Crippen LogP contribution >= 0.6 is 11.6 Å². The summed E-state index contributed by atoms with van der Waals surface area (Å²) in [6.45, 7) is 1.92. The van der Waals surface area contributed by atoms with E-state index in [1.165, 1.54) is 0 Å². The van der Waals surface area contributed by atoms with Crippen LogP contribution in [0.5, 0.6) is 0 Å². The van der Waals surface area contributed by atoms with E-state index >= 15 is 0 Å². The fourth-order valence-electron chi connectivity index (χ4n) is 1.42. The number of nitrogens with zero attached hydrogens (tertiary/aromatic N) is 1. The zero-order valence-electron chi connectivity index (χ0n) is 8.74. The Morgan fingerprint density at radius 2 is 2.06 bits per heavy atom. The maximum Gasteiger partial charge on any atom is 0.226 e. The molecule has 0 atom stereocenters. The second-order valence-electron chi connectivity index (χ2n) is 3.31. The molecule has 4 heteroatoms. The highest BCUT2D eigenvalue weighted by atomic mass is 35.5. The van der Waals surface area contributed by atoms with Gasteiger partial charge in [-0.05, 0) is 24.3 Å². The van der Waals surface area contributed by atoms with Crippen LogP contribution in [0, 0.1) is 0 Å². The average molecular weight is 236 g/mol. The minimum Gasteiger partial charge on any atom is -0.440 e. The van der Waals surface area contributed by atoms with Crippen LogP contribution < -0.4 is 0 Å². The molecule has 2 aromatic rings. The van der Waals surface area contributed by atoms with Crippen molar-refractivity contribution in [3.63, 3.8) is 0 Å². The Kier molecular flexibility index (Phi) is 3.06. The fourth-order valence-corrected chi connectivity index (χ4v) is 1.55. The number of benzene rings is 1. The summed E-state index contributed by atoms with van der Waals surface area (Å²) in [7, 11) is 0. The Labute approximate surface area is 98.1 Å². The highest BCUT2D eigenvalue weighted by Gasteiger charge is 2.12. The van der Waals surface area contributed by atoms with Crippen LogP contribution in [0.1, 0.15) is 23.2 Å². The predicted molar refractivity (Wildman–Crippen MR) is 61.7 cm³/mol. The van der Waals surface area contributed by atoms with Gasteiger partial charge in [-0.3, -0.25) is 4.79 Å². The Morgan fingerprint density at radius 3 is 2.56 bits per heavy atom. The number of aryl methyl sites for hydroxylation is 1. The first-order valence-corrected chi connectivity index (χ1v) is 5.33. The monoisotopic (exact) mass is 235 g/mol. The van der Waals surface area contributed by atoms with Crippen LogP contribution in [0.15, 0.2) is 28.7 Å². The normalized spacial score (nSPS) is 10.4. The van der Waals surface area contributed by atoms with Crippen molar-refractivity contribution in [2.75, 3.05) is 0 Å². The van der Waals surface area contributed by atoms with Gasteiger partial charge in [0.2, 0.25) is 5.89 Å². The molecule has 1 heterocycles. The second-order valence-corrected chi connectivity index (χ2v) is 3.74. The summed E-state index contributed by atoms with van der Waals surface area (Å²) in [6.07, 6.45) is 1.36. The third kappa shape index (κ3) is 1.99. The quantitative estimate of drug-likeness (QED) is 0.766. The van der Waals surface area contributed by atoms with Crippen molar-refractivity contribution in [1.82, 2.24) is 4.98 Å². The first-order valence-electron chi connectivity index (χ1n) is 4.95. The predicted octanol–water partition coefficient (Wildman–Crippen LogP) is 3.37. The largest absolute Gasteiger partial charge is 0.440 e. The lowest BCUT2D eigenvalue weighted by molar-refractivity contribution is 0.111. The van der Waals surface area contributed by atoms with Gasteiger partial charge in [-0.1, -0.05) is 18.5 Å². The molecule has 0 fully saturated rings. The van der Waals surface area contributed by atoms with Gasteiger partial charge in [-0.15, -0.1) is 0 Å². The first kappa shape index (κ1) is 10.9. The third-order valence-corrected chi connectivity index (χ3v) is 2.50. The van der Waals surface area contributed by atoms with E-state index in [2.05, 4.69) is 4.98 Å². The van der Waals surface area contributed by atoms with Crippen LogP contribution in [-0.4, -0.2) is 11.3 Å². The molecule has 0 N–H and O–H groups in total. The van der Waals surface area contributed by atoms with Crippen molar-refractivity contribution >= 4 is 17.9 Å². The van der Waals surface area contributed by atoms with E-state index in [-0.39, 0.29) is 0 Å². The summed E-state index contributed by atoms with van der Waals surface area (Å²) >= 11 is 5.78. The number of hydrogen-bond donors (Lipinski definition) is 0. The van der Waals surface area contributed by atoms with Crippen molar-refractivity contribution < 1.29 is 9.21 Å². The molecule has 0 saturated carbocycles. The Bertz CT molecular complexity index is 502. The standard InChI is InChI=1S/C12H10ClNO2/c1-2-11-10(7-15)14-12(16-11)8-3-5-9(13)6-4-8/h3-7H,2H2,1H3. The van der Waals surface area contributed by atoms with Crippen molar-refractivity contribution in [1.29, 1.82) is 0 Å². The molecule has 0 amide bonds. The van der Waals surface area contributed by atoms with Crippen LogP contribution in [0.3, 0.4) is 0 Å². The summed E-state index contributed by atoms with van der Waals surface area (Å²) in [5, 5.41) is 0.654. The summed E-state index contributed by atoms with van der Waals surface area (Å²) in [5.74, 6) is 1.07.